The molecule has 0 aromatic carbocycles. The van der Waals surface area contributed by atoms with Gasteiger partial charge in [-0.25, -0.2) is 0 Å². The molecule has 0 radical (unpaired) electrons. The van der Waals surface area contributed by atoms with Crippen LogP contribution in [0.4, 0.5) is 0 Å². The Bertz CT molecular complexity index is 694. The third-order valence-corrected chi connectivity index (χ3v) is 8.16. The normalized spacial score (nSPS) is 30.5. The zero-order chi connectivity index (χ0) is 22.3. The topological polar surface area (TPSA) is 25.2 Å². The molecule has 8 bridgehead atoms. The molecule has 8 nitrogen and oxygen atoms in total. The minimum atomic E-state index is 1.17. The first-order valence-corrected chi connectivity index (χ1v) is 13.7. The predicted molar refractivity (Wildman–Crippen MR) is 134 cm³/mol. The van der Waals surface area contributed by atoms with E-state index < -0.39 is 0 Å². The lowest BCUT2D eigenvalue weighted by Crippen LogP contribution is -2.39. The van der Waals surface area contributed by atoms with Gasteiger partial charge in [-0.3, -0.25) is 38.2 Å². The minimum Gasteiger partial charge on any atom is -0.296 e. The zero-order valence-electron chi connectivity index (χ0n) is 20.9. The van der Waals surface area contributed by atoms with Gasteiger partial charge in [-0.1, -0.05) is 0 Å². The van der Waals surface area contributed by atoms with Crippen molar-refractivity contribution in [2.24, 2.45) is 0 Å². The Morgan fingerprint density at radius 1 is 0.333 bits per heavy atom. The van der Waals surface area contributed by atoms with Gasteiger partial charge in [-0.15, -0.1) is 0 Å². The van der Waals surface area contributed by atoms with Crippen LogP contribution in [0.25, 0.3) is 0 Å². The summed E-state index contributed by atoms with van der Waals surface area (Å²) >= 11 is 0. The monoisotopic (exact) mass is 459 g/mol. The number of hydrogen-bond acceptors (Lipinski definition) is 5. The van der Waals surface area contributed by atoms with E-state index in [9.17, 15) is 0 Å². The molecule has 0 N–H and O–H groups in total. The largest absolute Gasteiger partial charge is 0.296 e. The Hall–Kier alpha value is -1.67. The summed E-state index contributed by atoms with van der Waals surface area (Å²) < 4.78 is 7.70. The standard InChI is InChI=1S/C25H47N8/c1-3-7-28-17-18-29(23-28)8-4-2-6-27-11-15-32-21-19-30(24-32)13-9-26(5-1)10-14-31-20-22-33(25-31)16-12-27/h23-25H,1-22H2/q+3. The summed E-state index contributed by atoms with van der Waals surface area (Å²) in [6, 6.07) is 0. The first-order chi connectivity index (χ1) is 16.3. The summed E-state index contributed by atoms with van der Waals surface area (Å²) in [4.78, 5) is 13.2. The third kappa shape index (κ3) is 6.92. The fourth-order valence-corrected chi connectivity index (χ4v) is 5.88. The molecule has 6 aliphatic rings. The summed E-state index contributed by atoms with van der Waals surface area (Å²) in [6.07, 6.45) is 12.5. The van der Waals surface area contributed by atoms with Crippen molar-refractivity contribution in [2.75, 3.05) is 118 Å². The van der Waals surface area contributed by atoms with Gasteiger partial charge in [0.2, 0.25) is 19.0 Å². The van der Waals surface area contributed by atoms with E-state index in [1.807, 2.05) is 0 Å². The zero-order valence-corrected chi connectivity index (χ0v) is 20.9. The SMILES string of the molecule is C1=[N+]2CCCCN3CC[N+]4=CN(CCN(CCCCN1CC2)CCN1C=[N+](CC1)CC3)CC4. The Kier molecular flexibility index (Phi) is 8.15. The second-order valence-electron chi connectivity index (χ2n) is 10.7. The molecule has 0 amide bonds. The van der Waals surface area contributed by atoms with Crippen LogP contribution in [0.1, 0.15) is 25.7 Å². The maximum atomic E-state index is 2.74. The fraction of sp³-hybridized carbons (Fsp3) is 0.880. The molecule has 6 heterocycles. The van der Waals surface area contributed by atoms with Crippen LogP contribution in [0.3, 0.4) is 0 Å². The molecule has 0 unspecified atom stereocenters. The number of rotatable bonds is 0. The average molecular weight is 460 g/mol. The van der Waals surface area contributed by atoms with Gasteiger partial charge in [0.1, 0.15) is 39.3 Å². The smallest absolute Gasteiger partial charge is 0.234 e. The molecule has 0 aliphatic carbocycles. The van der Waals surface area contributed by atoms with Crippen LogP contribution < -0.4 is 0 Å². The van der Waals surface area contributed by atoms with Crippen LogP contribution in [-0.4, -0.2) is 175 Å². The van der Waals surface area contributed by atoms with Gasteiger partial charge in [-0.05, 0) is 38.8 Å². The number of fused-ring (bicyclic) bond motifs is 10. The van der Waals surface area contributed by atoms with Gasteiger partial charge in [-0.2, -0.15) is 0 Å². The summed E-state index contributed by atoms with van der Waals surface area (Å²) in [5.41, 5.74) is 0. The molecular weight excluding hydrogens is 412 g/mol. The van der Waals surface area contributed by atoms with Crippen molar-refractivity contribution in [3.63, 3.8) is 0 Å². The van der Waals surface area contributed by atoms with Crippen molar-refractivity contribution >= 4 is 19.0 Å². The van der Waals surface area contributed by atoms with Crippen LogP contribution in [0.5, 0.6) is 0 Å². The van der Waals surface area contributed by atoms with Crippen LogP contribution in [0.2, 0.25) is 0 Å². The highest BCUT2D eigenvalue weighted by Gasteiger charge is 2.25. The van der Waals surface area contributed by atoms with Crippen LogP contribution in [0.15, 0.2) is 0 Å². The Morgan fingerprint density at radius 3 is 1.36 bits per heavy atom. The number of nitrogens with zero attached hydrogens (tertiary/aromatic N) is 8. The average Bonchev–Trinajstić information content (AvgIpc) is 3.57. The molecule has 33 heavy (non-hydrogen) atoms. The highest BCUT2D eigenvalue weighted by Crippen LogP contribution is 2.06. The summed E-state index contributed by atoms with van der Waals surface area (Å²) in [7, 11) is 0. The van der Waals surface area contributed by atoms with Crippen molar-refractivity contribution in [3.8, 4) is 0 Å². The van der Waals surface area contributed by atoms with Gasteiger partial charge in [0.15, 0.2) is 0 Å². The molecule has 0 aromatic heterocycles. The molecular formula is C25H47N8+3. The van der Waals surface area contributed by atoms with E-state index in [0.29, 0.717) is 0 Å². The van der Waals surface area contributed by atoms with Crippen molar-refractivity contribution < 1.29 is 13.7 Å². The van der Waals surface area contributed by atoms with Crippen molar-refractivity contribution in [1.29, 1.82) is 0 Å². The van der Waals surface area contributed by atoms with Gasteiger partial charge < -0.3 is 0 Å². The van der Waals surface area contributed by atoms with E-state index in [0.717, 1.165) is 0 Å². The van der Waals surface area contributed by atoms with Crippen LogP contribution in [0, 0.1) is 0 Å². The van der Waals surface area contributed by atoms with E-state index in [2.05, 4.69) is 57.2 Å². The molecule has 0 aromatic rings. The van der Waals surface area contributed by atoms with Gasteiger partial charge in [0.05, 0.1) is 39.3 Å². The highest BCUT2D eigenvalue weighted by molar-refractivity contribution is 5.51. The Balaban J connectivity index is 1.30. The van der Waals surface area contributed by atoms with E-state index in [-0.39, 0.29) is 0 Å². The van der Waals surface area contributed by atoms with E-state index >= 15 is 0 Å². The van der Waals surface area contributed by atoms with Gasteiger partial charge in [0, 0.05) is 26.2 Å². The summed E-state index contributed by atoms with van der Waals surface area (Å²) in [5, 5.41) is 0. The van der Waals surface area contributed by atoms with Crippen molar-refractivity contribution in [3.05, 3.63) is 0 Å². The molecule has 0 atom stereocenters. The van der Waals surface area contributed by atoms with Gasteiger partial charge >= 0.3 is 0 Å². The van der Waals surface area contributed by atoms with Crippen molar-refractivity contribution in [1.82, 2.24) is 24.5 Å². The molecule has 0 saturated heterocycles. The highest BCUT2D eigenvalue weighted by atomic mass is 15.3. The molecule has 0 fully saturated rings. The van der Waals surface area contributed by atoms with E-state index in [1.165, 1.54) is 143 Å². The Labute approximate surface area is 201 Å². The van der Waals surface area contributed by atoms with Crippen LogP contribution in [-0.2, 0) is 0 Å². The lowest BCUT2D eigenvalue weighted by molar-refractivity contribution is -0.520. The lowest BCUT2D eigenvalue weighted by Gasteiger charge is -2.23. The molecule has 184 valence electrons. The predicted octanol–water partition coefficient (Wildman–Crippen LogP) is -0.753. The second-order valence-corrected chi connectivity index (χ2v) is 10.7. The molecule has 6 rings (SSSR count). The first-order valence-electron chi connectivity index (χ1n) is 13.7. The fourth-order valence-electron chi connectivity index (χ4n) is 5.88. The first kappa shape index (κ1) is 23.1. The molecule has 8 heteroatoms. The second kappa shape index (κ2) is 11.6. The molecule has 6 aliphatic heterocycles. The maximum Gasteiger partial charge on any atom is 0.234 e. The molecule has 0 spiro atoms. The van der Waals surface area contributed by atoms with Crippen molar-refractivity contribution in [2.45, 2.75) is 25.7 Å². The minimum absolute atomic E-state index is 1.17. The maximum absolute atomic E-state index is 2.74. The van der Waals surface area contributed by atoms with Gasteiger partial charge in [0.25, 0.3) is 0 Å². The quantitative estimate of drug-likeness (QED) is 0.444. The van der Waals surface area contributed by atoms with Crippen LogP contribution >= 0.6 is 0 Å². The Morgan fingerprint density at radius 2 is 0.758 bits per heavy atom. The van der Waals surface area contributed by atoms with E-state index in [4.69, 9.17) is 0 Å². The number of hydrogen-bond donors (Lipinski definition) is 0. The third-order valence-electron chi connectivity index (χ3n) is 8.16. The summed E-state index contributed by atoms with van der Waals surface area (Å²) in [6.45, 7) is 21.6. The summed E-state index contributed by atoms with van der Waals surface area (Å²) in [5.74, 6) is 0. The van der Waals surface area contributed by atoms with E-state index in [1.54, 1.807) is 0 Å². The lowest BCUT2D eigenvalue weighted by atomic mass is 10.2. The molecule has 0 saturated carbocycles.